The Kier molecular flexibility index (Phi) is 4.74. The summed E-state index contributed by atoms with van der Waals surface area (Å²) in [6, 6.07) is 3.73. The van der Waals surface area contributed by atoms with E-state index in [0.29, 0.717) is 25.5 Å². The number of alkyl halides is 1. The number of likely N-dealkylation sites (tertiary alicyclic amines) is 1. The minimum Gasteiger partial charge on any atom is -0.478 e. The molecule has 1 aliphatic heterocycles. The van der Waals surface area contributed by atoms with E-state index in [0.717, 1.165) is 24.0 Å². The van der Waals surface area contributed by atoms with Gasteiger partial charge in [-0.3, -0.25) is 0 Å². The lowest BCUT2D eigenvalue weighted by Gasteiger charge is -2.14. The van der Waals surface area contributed by atoms with E-state index in [9.17, 15) is 4.39 Å². The van der Waals surface area contributed by atoms with Crippen molar-refractivity contribution in [3.05, 3.63) is 22.8 Å². The number of nitrogens with zero attached hydrogens (tertiary/aromatic N) is 2. The van der Waals surface area contributed by atoms with Crippen molar-refractivity contribution in [2.45, 2.75) is 19.0 Å². The van der Waals surface area contributed by atoms with E-state index in [1.165, 1.54) is 0 Å². The highest BCUT2D eigenvalue weighted by molar-refractivity contribution is 9.10. The van der Waals surface area contributed by atoms with Crippen molar-refractivity contribution in [3.8, 4) is 5.88 Å². The van der Waals surface area contributed by atoms with E-state index >= 15 is 0 Å². The number of pyridine rings is 1. The summed E-state index contributed by atoms with van der Waals surface area (Å²) in [7, 11) is 0. The SMILES string of the molecule is F[C@@H]1CCN(CCCOc2ccc(Br)cn2)C1. The van der Waals surface area contributed by atoms with E-state index in [1.807, 2.05) is 12.1 Å². The summed E-state index contributed by atoms with van der Waals surface area (Å²) in [5, 5.41) is 0. The monoisotopic (exact) mass is 302 g/mol. The molecule has 3 nitrogen and oxygen atoms in total. The van der Waals surface area contributed by atoms with Crippen LogP contribution < -0.4 is 4.74 Å². The number of rotatable bonds is 5. The standard InChI is InChI=1S/C12H16BrFN2O/c13-10-2-3-12(15-8-10)17-7-1-5-16-6-4-11(14)9-16/h2-3,8,11H,1,4-7,9H2/t11-/m1/s1. The van der Waals surface area contributed by atoms with Gasteiger partial charge in [0.15, 0.2) is 0 Å². The third-order valence-corrected chi connectivity index (χ3v) is 3.25. The molecule has 0 bridgehead atoms. The average molecular weight is 303 g/mol. The van der Waals surface area contributed by atoms with Gasteiger partial charge in [0.1, 0.15) is 6.17 Å². The second-order valence-electron chi connectivity index (χ2n) is 4.20. The first-order valence-electron chi connectivity index (χ1n) is 5.85. The third-order valence-electron chi connectivity index (χ3n) is 2.78. The van der Waals surface area contributed by atoms with Gasteiger partial charge in [0, 0.05) is 36.4 Å². The zero-order chi connectivity index (χ0) is 12.1. The Balaban J connectivity index is 1.61. The molecule has 1 aromatic rings. The molecule has 17 heavy (non-hydrogen) atoms. The van der Waals surface area contributed by atoms with Gasteiger partial charge < -0.3 is 9.64 Å². The van der Waals surface area contributed by atoms with Crippen molar-refractivity contribution in [1.82, 2.24) is 9.88 Å². The highest BCUT2D eigenvalue weighted by Gasteiger charge is 2.20. The van der Waals surface area contributed by atoms with Crippen molar-refractivity contribution in [2.24, 2.45) is 0 Å². The van der Waals surface area contributed by atoms with Crippen molar-refractivity contribution >= 4 is 15.9 Å². The smallest absolute Gasteiger partial charge is 0.213 e. The van der Waals surface area contributed by atoms with Gasteiger partial charge in [0.05, 0.1) is 6.61 Å². The molecule has 0 saturated carbocycles. The Bertz CT molecular complexity index is 347. The molecule has 1 aromatic heterocycles. The number of hydrogen-bond acceptors (Lipinski definition) is 3. The van der Waals surface area contributed by atoms with E-state index in [-0.39, 0.29) is 0 Å². The molecule has 5 heteroatoms. The van der Waals surface area contributed by atoms with Crippen LogP contribution in [0.3, 0.4) is 0 Å². The Morgan fingerprint density at radius 2 is 2.41 bits per heavy atom. The van der Waals surface area contributed by atoms with Crippen LogP contribution in [0.4, 0.5) is 4.39 Å². The van der Waals surface area contributed by atoms with E-state index in [2.05, 4.69) is 25.8 Å². The molecule has 1 saturated heterocycles. The maximum atomic E-state index is 12.9. The van der Waals surface area contributed by atoms with Crippen LogP contribution in [0.1, 0.15) is 12.8 Å². The first kappa shape index (κ1) is 12.8. The van der Waals surface area contributed by atoms with E-state index in [1.54, 1.807) is 6.20 Å². The van der Waals surface area contributed by atoms with Crippen molar-refractivity contribution in [1.29, 1.82) is 0 Å². The lowest BCUT2D eigenvalue weighted by Crippen LogP contribution is -2.23. The van der Waals surface area contributed by atoms with Crippen molar-refractivity contribution in [3.63, 3.8) is 0 Å². The van der Waals surface area contributed by atoms with Gasteiger partial charge in [-0.05, 0) is 34.8 Å². The molecule has 1 aliphatic rings. The summed E-state index contributed by atoms with van der Waals surface area (Å²) in [5.74, 6) is 0.637. The molecule has 1 fully saturated rings. The first-order valence-corrected chi connectivity index (χ1v) is 6.64. The minimum absolute atomic E-state index is 0.580. The molecule has 0 amide bonds. The Morgan fingerprint density at radius 1 is 1.53 bits per heavy atom. The Morgan fingerprint density at radius 3 is 3.06 bits per heavy atom. The number of halogens is 2. The third kappa shape index (κ3) is 4.24. The lowest BCUT2D eigenvalue weighted by molar-refractivity contribution is 0.244. The summed E-state index contributed by atoms with van der Waals surface area (Å²) in [6.07, 6.45) is 2.66. The van der Waals surface area contributed by atoms with Crippen LogP contribution in [0.15, 0.2) is 22.8 Å². The van der Waals surface area contributed by atoms with E-state index < -0.39 is 6.17 Å². The van der Waals surface area contributed by atoms with Gasteiger partial charge in [-0.15, -0.1) is 0 Å². The van der Waals surface area contributed by atoms with Gasteiger partial charge in [-0.1, -0.05) is 0 Å². The molecule has 0 radical (unpaired) electrons. The quantitative estimate of drug-likeness (QED) is 0.782. The molecule has 0 aromatic carbocycles. The van der Waals surface area contributed by atoms with Crippen LogP contribution in [0.25, 0.3) is 0 Å². The zero-order valence-corrected chi connectivity index (χ0v) is 11.2. The Hall–Kier alpha value is -0.680. The van der Waals surface area contributed by atoms with Crippen LogP contribution in [-0.2, 0) is 0 Å². The molecule has 0 spiro atoms. The van der Waals surface area contributed by atoms with Crippen LogP contribution in [0.5, 0.6) is 5.88 Å². The van der Waals surface area contributed by atoms with Crippen LogP contribution >= 0.6 is 15.9 Å². The van der Waals surface area contributed by atoms with E-state index in [4.69, 9.17) is 4.74 Å². The Labute approximate surface area is 109 Å². The van der Waals surface area contributed by atoms with Crippen molar-refractivity contribution < 1.29 is 9.13 Å². The van der Waals surface area contributed by atoms with Gasteiger partial charge in [-0.25, -0.2) is 9.37 Å². The molecule has 2 heterocycles. The molecular formula is C12H16BrFN2O. The molecule has 0 aliphatic carbocycles. The molecule has 2 rings (SSSR count). The summed E-state index contributed by atoms with van der Waals surface area (Å²) < 4.78 is 19.3. The second-order valence-corrected chi connectivity index (χ2v) is 5.12. The minimum atomic E-state index is -0.635. The van der Waals surface area contributed by atoms with Crippen LogP contribution in [0.2, 0.25) is 0 Å². The summed E-state index contributed by atoms with van der Waals surface area (Å²) in [6.45, 7) is 2.98. The summed E-state index contributed by atoms with van der Waals surface area (Å²) in [5.41, 5.74) is 0. The largest absolute Gasteiger partial charge is 0.478 e. The van der Waals surface area contributed by atoms with Gasteiger partial charge in [0.2, 0.25) is 5.88 Å². The maximum absolute atomic E-state index is 12.9. The van der Waals surface area contributed by atoms with Crippen LogP contribution in [0, 0.1) is 0 Å². The fourth-order valence-electron chi connectivity index (χ4n) is 1.90. The number of ether oxygens (including phenoxy) is 1. The van der Waals surface area contributed by atoms with Crippen molar-refractivity contribution in [2.75, 3.05) is 26.2 Å². The molecule has 1 atom stereocenters. The fourth-order valence-corrected chi connectivity index (χ4v) is 2.14. The summed E-state index contributed by atoms with van der Waals surface area (Å²) >= 11 is 3.32. The van der Waals surface area contributed by atoms with Crippen LogP contribution in [-0.4, -0.2) is 42.3 Å². The molecule has 0 unspecified atom stereocenters. The second kappa shape index (κ2) is 6.31. The predicted molar refractivity (Wildman–Crippen MR) is 68.0 cm³/mol. The predicted octanol–water partition coefficient (Wildman–Crippen LogP) is 2.66. The highest BCUT2D eigenvalue weighted by atomic mass is 79.9. The highest BCUT2D eigenvalue weighted by Crippen LogP contribution is 2.14. The topological polar surface area (TPSA) is 25.4 Å². The number of aromatic nitrogens is 1. The fraction of sp³-hybridized carbons (Fsp3) is 0.583. The normalized spacial score (nSPS) is 20.7. The first-order chi connectivity index (χ1) is 8.24. The van der Waals surface area contributed by atoms with Gasteiger partial charge >= 0.3 is 0 Å². The molecule has 94 valence electrons. The average Bonchev–Trinajstić information content (AvgIpc) is 2.73. The van der Waals surface area contributed by atoms with Gasteiger partial charge in [-0.2, -0.15) is 0 Å². The zero-order valence-electron chi connectivity index (χ0n) is 9.61. The summed E-state index contributed by atoms with van der Waals surface area (Å²) in [4.78, 5) is 6.26. The molecule has 0 N–H and O–H groups in total. The maximum Gasteiger partial charge on any atom is 0.213 e. The molecular weight excluding hydrogens is 287 g/mol. The number of hydrogen-bond donors (Lipinski definition) is 0. The lowest BCUT2D eigenvalue weighted by atomic mass is 10.3. The van der Waals surface area contributed by atoms with Gasteiger partial charge in [0.25, 0.3) is 0 Å².